The average Bonchev–Trinajstić information content (AvgIpc) is 3.03. The van der Waals surface area contributed by atoms with Crippen molar-refractivity contribution in [2.24, 2.45) is 0 Å². The molecule has 4 nitrogen and oxygen atoms in total. The average molecular weight is 299 g/mol. The zero-order valence-corrected chi connectivity index (χ0v) is 12.8. The van der Waals surface area contributed by atoms with Gasteiger partial charge in [-0.05, 0) is 37.5 Å². The molecular formula is C18H21NO3. The Hall–Kier alpha value is -1.91. The third-order valence-corrected chi connectivity index (χ3v) is 4.18. The minimum atomic E-state index is -0.238. The van der Waals surface area contributed by atoms with Crippen molar-refractivity contribution in [1.82, 2.24) is 4.57 Å². The molecule has 1 aliphatic rings. The quantitative estimate of drug-likeness (QED) is 0.943. The van der Waals surface area contributed by atoms with Crippen molar-refractivity contribution in [3.05, 3.63) is 57.9 Å². The summed E-state index contributed by atoms with van der Waals surface area (Å²) in [6.45, 7) is 3.10. The van der Waals surface area contributed by atoms with Gasteiger partial charge in [0.25, 0.3) is 5.56 Å². The zero-order chi connectivity index (χ0) is 15.5. The Bertz CT molecular complexity index is 697. The van der Waals surface area contributed by atoms with E-state index in [9.17, 15) is 9.90 Å². The largest absolute Gasteiger partial charge is 0.391 e. The van der Waals surface area contributed by atoms with Crippen molar-refractivity contribution < 1.29 is 9.84 Å². The first kappa shape index (κ1) is 15.0. The number of ether oxygens (including phenoxy) is 1. The van der Waals surface area contributed by atoms with Crippen LogP contribution in [0.4, 0.5) is 0 Å². The lowest BCUT2D eigenvalue weighted by atomic mass is 10.1. The van der Waals surface area contributed by atoms with Crippen LogP contribution in [0.15, 0.2) is 41.2 Å². The number of hydrogen-bond acceptors (Lipinski definition) is 3. The molecule has 1 aromatic heterocycles. The highest BCUT2D eigenvalue weighted by Crippen LogP contribution is 2.21. The molecule has 0 spiro atoms. The molecule has 1 aliphatic heterocycles. The number of aliphatic hydroxyl groups is 1. The van der Waals surface area contributed by atoms with Gasteiger partial charge in [-0.15, -0.1) is 0 Å². The molecule has 1 aromatic carbocycles. The van der Waals surface area contributed by atoms with Crippen LogP contribution in [-0.4, -0.2) is 22.4 Å². The van der Waals surface area contributed by atoms with Gasteiger partial charge in [-0.3, -0.25) is 4.79 Å². The number of rotatable bonds is 4. The van der Waals surface area contributed by atoms with E-state index >= 15 is 0 Å². The molecule has 3 rings (SSSR count). The Balaban J connectivity index is 2.06. The number of nitrogens with zero attached hydrogens (tertiary/aromatic N) is 1. The highest BCUT2D eigenvalue weighted by atomic mass is 16.5. The fourth-order valence-electron chi connectivity index (χ4n) is 2.89. The number of hydrogen-bond donors (Lipinski definition) is 1. The third-order valence-electron chi connectivity index (χ3n) is 4.18. The van der Waals surface area contributed by atoms with Crippen LogP contribution in [-0.2, 0) is 17.9 Å². The second-order valence-electron chi connectivity index (χ2n) is 5.82. The molecule has 0 saturated carbocycles. The fraction of sp³-hybridized carbons (Fsp3) is 0.389. The highest BCUT2D eigenvalue weighted by Gasteiger charge is 2.19. The van der Waals surface area contributed by atoms with Gasteiger partial charge < -0.3 is 14.4 Å². The van der Waals surface area contributed by atoms with Gasteiger partial charge in [0.05, 0.1) is 24.9 Å². The number of aromatic nitrogens is 1. The SMILES string of the molecule is Cc1ccc(-c2ccc(CO)c(=O)n2CC2CCCO2)cc1. The summed E-state index contributed by atoms with van der Waals surface area (Å²) in [5, 5.41) is 9.36. The number of benzene rings is 1. The summed E-state index contributed by atoms with van der Waals surface area (Å²) < 4.78 is 7.42. The molecule has 1 saturated heterocycles. The van der Waals surface area contributed by atoms with Crippen LogP contribution in [0.2, 0.25) is 0 Å². The summed E-state index contributed by atoms with van der Waals surface area (Å²) >= 11 is 0. The van der Waals surface area contributed by atoms with Gasteiger partial charge in [0.2, 0.25) is 0 Å². The van der Waals surface area contributed by atoms with E-state index in [0.717, 1.165) is 30.7 Å². The molecule has 1 atom stereocenters. The van der Waals surface area contributed by atoms with Gasteiger partial charge in [0.1, 0.15) is 0 Å². The van der Waals surface area contributed by atoms with Crippen LogP contribution in [0.3, 0.4) is 0 Å². The minimum absolute atomic E-state index is 0.0795. The second kappa shape index (κ2) is 6.46. The molecule has 22 heavy (non-hydrogen) atoms. The molecule has 2 heterocycles. The van der Waals surface area contributed by atoms with E-state index < -0.39 is 0 Å². The van der Waals surface area contributed by atoms with Crippen LogP contribution in [0.25, 0.3) is 11.3 Å². The Kier molecular flexibility index (Phi) is 4.41. The van der Waals surface area contributed by atoms with Crippen molar-refractivity contribution in [3.8, 4) is 11.3 Å². The van der Waals surface area contributed by atoms with Gasteiger partial charge >= 0.3 is 0 Å². The van der Waals surface area contributed by atoms with Gasteiger partial charge in [-0.2, -0.15) is 0 Å². The molecule has 1 N–H and O–H groups in total. The topological polar surface area (TPSA) is 51.5 Å². The summed E-state index contributed by atoms with van der Waals surface area (Å²) in [6, 6.07) is 11.7. The van der Waals surface area contributed by atoms with Crippen LogP contribution in [0.1, 0.15) is 24.0 Å². The number of aliphatic hydroxyl groups excluding tert-OH is 1. The van der Waals surface area contributed by atoms with E-state index in [2.05, 4.69) is 0 Å². The van der Waals surface area contributed by atoms with Crippen LogP contribution < -0.4 is 5.56 Å². The van der Waals surface area contributed by atoms with E-state index in [1.54, 1.807) is 10.6 Å². The maximum atomic E-state index is 12.6. The third kappa shape index (κ3) is 2.98. The normalized spacial score (nSPS) is 17.8. The molecular weight excluding hydrogens is 278 g/mol. The maximum absolute atomic E-state index is 12.6. The highest BCUT2D eigenvalue weighted by molar-refractivity contribution is 5.60. The monoisotopic (exact) mass is 299 g/mol. The van der Waals surface area contributed by atoms with E-state index in [-0.39, 0.29) is 18.3 Å². The summed E-state index contributed by atoms with van der Waals surface area (Å²) in [4.78, 5) is 12.6. The zero-order valence-electron chi connectivity index (χ0n) is 12.8. The molecule has 0 amide bonds. The van der Waals surface area contributed by atoms with Gasteiger partial charge in [0.15, 0.2) is 0 Å². The standard InChI is InChI=1S/C18H21NO3/c1-13-4-6-14(7-5-13)17-9-8-15(12-20)18(21)19(17)11-16-3-2-10-22-16/h4-9,16,20H,2-3,10-12H2,1H3. The number of aryl methyl sites for hydroxylation is 1. The Morgan fingerprint density at radius 1 is 1.23 bits per heavy atom. The van der Waals surface area contributed by atoms with Gasteiger partial charge in [-0.1, -0.05) is 29.8 Å². The number of pyridine rings is 1. The Morgan fingerprint density at radius 3 is 2.64 bits per heavy atom. The van der Waals surface area contributed by atoms with Gasteiger partial charge in [0, 0.05) is 12.2 Å². The molecule has 116 valence electrons. The van der Waals surface area contributed by atoms with Crippen molar-refractivity contribution in [2.75, 3.05) is 6.61 Å². The Labute approximate surface area is 130 Å². The van der Waals surface area contributed by atoms with E-state index in [4.69, 9.17) is 4.74 Å². The van der Waals surface area contributed by atoms with Crippen molar-refractivity contribution in [3.63, 3.8) is 0 Å². The van der Waals surface area contributed by atoms with E-state index in [1.807, 2.05) is 37.3 Å². The van der Waals surface area contributed by atoms with E-state index in [1.165, 1.54) is 5.56 Å². The van der Waals surface area contributed by atoms with Crippen LogP contribution in [0.5, 0.6) is 0 Å². The summed E-state index contributed by atoms with van der Waals surface area (Å²) in [5.41, 5.74) is 3.36. The van der Waals surface area contributed by atoms with Crippen molar-refractivity contribution >= 4 is 0 Å². The molecule has 0 radical (unpaired) electrons. The van der Waals surface area contributed by atoms with Crippen molar-refractivity contribution in [2.45, 2.75) is 39.0 Å². The first-order valence-corrected chi connectivity index (χ1v) is 7.71. The molecule has 0 bridgehead atoms. The van der Waals surface area contributed by atoms with Gasteiger partial charge in [-0.25, -0.2) is 0 Å². The summed E-state index contributed by atoms with van der Waals surface area (Å²) in [7, 11) is 0. The molecule has 0 aliphatic carbocycles. The van der Waals surface area contributed by atoms with Crippen LogP contribution >= 0.6 is 0 Å². The summed E-state index contributed by atoms with van der Waals surface area (Å²) in [5.74, 6) is 0. The Morgan fingerprint density at radius 2 is 2.00 bits per heavy atom. The lowest BCUT2D eigenvalue weighted by Gasteiger charge is -2.18. The van der Waals surface area contributed by atoms with E-state index in [0.29, 0.717) is 12.1 Å². The minimum Gasteiger partial charge on any atom is -0.391 e. The molecule has 1 unspecified atom stereocenters. The lowest BCUT2D eigenvalue weighted by molar-refractivity contribution is 0.0963. The lowest BCUT2D eigenvalue weighted by Crippen LogP contribution is -2.29. The molecule has 2 aromatic rings. The first-order chi connectivity index (χ1) is 10.7. The predicted octanol–water partition coefficient (Wildman–Crippen LogP) is 2.50. The molecule has 1 fully saturated rings. The second-order valence-corrected chi connectivity index (χ2v) is 5.82. The molecule has 4 heteroatoms. The summed E-state index contributed by atoms with van der Waals surface area (Å²) in [6.07, 6.45) is 2.10. The first-order valence-electron chi connectivity index (χ1n) is 7.71. The van der Waals surface area contributed by atoms with Crippen LogP contribution in [0, 0.1) is 6.92 Å². The predicted molar refractivity (Wildman–Crippen MR) is 85.8 cm³/mol. The maximum Gasteiger partial charge on any atom is 0.256 e. The van der Waals surface area contributed by atoms with Crippen molar-refractivity contribution in [1.29, 1.82) is 0 Å². The fourth-order valence-corrected chi connectivity index (χ4v) is 2.89. The smallest absolute Gasteiger partial charge is 0.256 e.